The predicted molar refractivity (Wildman–Crippen MR) is 67.1 cm³/mol. The Morgan fingerprint density at radius 2 is 2.19 bits per heavy atom. The van der Waals surface area contributed by atoms with Crippen molar-refractivity contribution in [3.05, 3.63) is 53.2 Å². The van der Waals surface area contributed by atoms with E-state index in [1.807, 2.05) is 30.4 Å². The van der Waals surface area contributed by atoms with Gasteiger partial charge in [0.05, 0.1) is 11.7 Å². The lowest BCUT2D eigenvalue weighted by Gasteiger charge is -2.33. The summed E-state index contributed by atoms with van der Waals surface area (Å²) in [5.41, 5.74) is 2.19. The molecule has 0 fully saturated rings. The third-order valence-electron chi connectivity index (χ3n) is 2.96. The second-order valence-corrected chi connectivity index (χ2v) is 4.39. The number of allylic oxidation sites excluding steroid dienone is 2. The summed E-state index contributed by atoms with van der Waals surface area (Å²) < 4.78 is 0. The quantitative estimate of drug-likeness (QED) is 0.661. The van der Waals surface area contributed by atoms with Gasteiger partial charge in [-0.3, -0.25) is 0 Å². The average molecular weight is 231 g/mol. The summed E-state index contributed by atoms with van der Waals surface area (Å²) >= 11 is 5.98. The number of benzene rings is 1. The van der Waals surface area contributed by atoms with Crippen LogP contribution in [-0.2, 0) is 0 Å². The van der Waals surface area contributed by atoms with Crippen LogP contribution in [0.5, 0.6) is 0 Å². The van der Waals surface area contributed by atoms with E-state index in [2.05, 4.69) is 29.1 Å². The molecular weight excluding hydrogens is 220 g/mol. The van der Waals surface area contributed by atoms with Crippen molar-refractivity contribution in [2.24, 2.45) is 4.99 Å². The van der Waals surface area contributed by atoms with E-state index >= 15 is 0 Å². The molecule has 1 aromatic carbocycles. The first-order valence-electron chi connectivity index (χ1n) is 5.27. The Hall–Kier alpha value is -1.54. The Balaban J connectivity index is 2.18. The minimum atomic E-state index is 0.306. The standard InChI is InChI=1S/C13H11ClN2/c1-9-11-6-5-10(14)8-12(11)15-13-4-2-3-7-16(9)13/h2-9H,1H3. The van der Waals surface area contributed by atoms with Crippen LogP contribution in [0.3, 0.4) is 0 Å². The molecule has 0 bridgehead atoms. The van der Waals surface area contributed by atoms with Crippen LogP contribution >= 0.6 is 11.6 Å². The van der Waals surface area contributed by atoms with Gasteiger partial charge in [-0.1, -0.05) is 23.7 Å². The Labute approximate surface area is 99.6 Å². The fraction of sp³-hybridized carbons (Fsp3) is 0.154. The fourth-order valence-electron chi connectivity index (χ4n) is 2.11. The molecule has 1 aromatic rings. The number of amidine groups is 1. The summed E-state index contributed by atoms with van der Waals surface area (Å²) in [4.78, 5) is 6.76. The van der Waals surface area contributed by atoms with Crippen molar-refractivity contribution in [1.29, 1.82) is 0 Å². The molecule has 2 nitrogen and oxygen atoms in total. The third-order valence-corrected chi connectivity index (χ3v) is 3.20. The Kier molecular flexibility index (Phi) is 2.11. The Bertz CT molecular complexity index is 529. The van der Waals surface area contributed by atoms with E-state index in [1.165, 1.54) is 5.56 Å². The van der Waals surface area contributed by atoms with Gasteiger partial charge in [0, 0.05) is 16.8 Å². The number of hydrogen-bond acceptors (Lipinski definition) is 2. The molecule has 1 unspecified atom stereocenters. The van der Waals surface area contributed by atoms with Crippen LogP contribution in [-0.4, -0.2) is 10.7 Å². The van der Waals surface area contributed by atoms with Crippen molar-refractivity contribution < 1.29 is 0 Å². The highest BCUT2D eigenvalue weighted by atomic mass is 35.5. The van der Waals surface area contributed by atoms with Gasteiger partial charge in [-0.15, -0.1) is 0 Å². The number of hydrogen-bond donors (Lipinski definition) is 0. The minimum Gasteiger partial charge on any atom is -0.326 e. The highest BCUT2D eigenvalue weighted by Gasteiger charge is 2.24. The summed E-state index contributed by atoms with van der Waals surface area (Å²) in [5, 5.41) is 0.735. The molecule has 2 aliphatic rings. The molecule has 0 saturated heterocycles. The summed E-state index contributed by atoms with van der Waals surface area (Å²) in [6.07, 6.45) is 8.09. The first-order valence-corrected chi connectivity index (χ1v) is 5.65. The number of rotatable bonds is 0. The predicted octanol–water partition coefficient (Wildman–Crippen LogP) is 3.83. The fourth-order valence-corrected chi connectivity index (χ4v) is 2.28. The van der Waals surface area contributed by atoms with Gasteiger partial charge in [-0.05, 0) is 31.2 Å². The summed E-state index contributed by atoms with van der Waals surface area (Å²) in [7, 11) is 0. The van der Waals surface area contributed by atoms with E-state index in [-0.39, 0.29) is 0 Å². The summed E-state index contributed by atoms with van der Waals surface area (Å²) in [5.74, 6) is 0.977. The van der Waals surface area contributed by atoms with E-state index in [9.17, 15) is 0 Å². The molecule has 2 heterocycles. The second-order valence-electron chi connectivity index (χ2n) is 3.96. The highest BCUT2D eigenvalue weighted by molar-refractivity contribution is 6.30. The molecular formula is C13H11ClN2. The van der Waals surface area contributed by atoms with Crippen LogP contribution in [0.4, 0.5) is 5.69 Å². The molecule has 0 aromatic heterocycles. The van der Waals surface area contributed by atoms with Gasteiger partial charge in [0.2, 0.25) is 0 Å². The molecule has 3 rings (SSSR count). The maximum absolute atomic E-state index is 5.98. The smallest absolute Gasteiger partial charge is 0.133 e. The topological polar surface area (TPSA) is 15.6 Å². The van der Waals surface area contributed by atoms with E-state index in [1.54, 1.807) is 0 Å². The molecule has 1 atom stereocenters. The minimum absolute atomic E-state index is 0.306. The summed E-state index contributed by atoms with van der Waals surface area (Å²) in [6, 6.07) is 6.19. The van der Waals surface area contributed by atoms with E-state index in [0.717, 1.165) is 16.5 Å². The normalized spacial score (nSPS) is 21.5. The number of aliphatic imine (C=N–C) groups is 1. The largest absolute Gasteiger partial charge is 0.326 e. The SMILES string of the molecule is CC1c2ccc(Cl)cc2N=C2C=CC=CN21. The van der Waals surface area contributed by atoms with Crippen LogP contribution in [0.15, 0.2) is 47.6 Å². The van der Waals surface area contributed by atoms with Gasteiger partial charge in [0.1, 0.15) is 5.84 Å². The molecule has 0 N–H and O–H groups in total. The van der Waals surface area contributed by atoms with Crippen molar-refractivity contribution in [3.63, 3.8) is 0 Å². The van der Waals surface area contributed by atoms with Gasteiger partial charge in [0.15, 0.2) is 0 Å². The van der Waals surface area contributed by atoms with Crippen molar-refractivity contribution in [2.75, 3.05) is 0 Å². The number of fused-ring (bicyclic) bond motifs is 2. The zero-order chi connectivity index (χ0) is 11.1. The zero-order valence-electron chi connectivity index (χ0n) is 8.89. The van der Waals surface area contributed by atoms with Gasteiger partial charge >= 0.3 is 0 Å². The zero-order valence-corrected chi connectivity index (χ0v) is 9.65. The van der Waals surface area contributed by atoms with Crippen LogP contribution < -0.4 is 0 Å². The highest BCUT2D eigenvalue weighted by Crippen LogP contribution is 2.37. The number of nitrogens with zero attached hydrogens (tertiary/aromatic N) is 2. The average Bonchev–Trinajstić information content (AvgIpc) is 2.29. The maximum atomic E-state index is 5.98. The van der Waals surface area contributed by atoms with E-state index < -0.39 is 0 Å². The first-order chi connectivity index (χ1) is 7.75. The lowest BCUT2D eigenvalue weighted by Crippen LogP contribution is -2.31. The van der Waals surface area contributed by atoms with Crippen molar-refractivity contribution in [2.45, 2.75) is 13.0 Å². The van der Waals surface area contributed by atoms with E-state index in [0.29, 0.717) is 6.04 Å². The first kappa shape index (κ1) is 9.67. The van der Waals surface area contributed by atoms with Crippen LogP contribution in [0, 0.1) is 0 Å². The third kappa shape index (κ3) is 1.38. The van der Waals surface area contributed by atoms with Gasteiger partial charge < -0.3 is 4.90 Å². The molecule has 0 spiro atoms. The van der Waals surface area contributed by atoms with Gasteiger partial charge in [-0.25, -0.2) is 4.99 Å². The van der Waals surface area contributed by atoms with Gasteiger partial charge in [-0.2, -0.15) is 0 Å². The molecule has 2 aliphatic heterocycles. The number of halogens is 1. The molecule has 3 heteroatoms. The molecule has 16 heavy (non-hydrogen) atoms. The monoisotopic (exact) mass is 230 g/mol. The maximum Gasteiger partial charge on any atom is 0.133 e. The van der Waals surface area contributed by atoms with Crippen molar-refractivity contribution in [3.8, 4) is 0 Å². The van der Waals surface area contributed by atoms with Crippen LogP contribution in [0.2, 0.25) is 5.02 Å². The van der Waals surface area contributed by atoms with Crippen molar-refractivity contribution >= 4 is 23.1 Å². The molecule has 0 aliphatic carbocycles. The Morgan fingerprint density at radius 1 is 1.31 bits per heavy atom. The van der Waals surface area contributed by atoms with Crippen LogP contribution in [0.1, 0.15) is 18.5 Å². The molecule has 0 amide bonds. The summed E-state index contributed by atoms with van der Waals surface area (Å²) in [6.45, 7) is 2.17. The Morgan fingerprint density at radius 3 is 3.06 bits per heavy atom. The van der Waals surface area contributed by atoms with E-state index in [4.69, 9.17) is 11.6 Å². The lowest BCUT2D eigenvalue weighted by atomic mass is 10.0. The second kappa shape index (κ2) is 3.49. The lowest BCUT2D eigenvalue weighted by molar-refractivity contribution is 0.437. The van der Waals surface area contributed by atoms with Gasteiger partial charge in [0.25, 0.3) is 0 Å². The van der Waals surface area contributed by atoms with Crippen molar-refractivity contribution in [1.82, 2.24) is 4.90 Å². The molecule has 80 valence electrons. The molecule has 0 saturated carbocycles. The molecule has 0 radical (unpaired) electrons. The van der Waals surface area contributed by atoms with Crippen LogP contribution in [0.25, 0.3) is 0 Å².